The van der Waals surface area contributed by atoms with Crippen molar-refractivity contribution in [2.45, 2.75) is 19.8 Å². The molecule has 6 nitrogen and oxygen atoms in total. The van der Waals surface area contributed by atoms with Crippen LogP contribution in [0.5, 0.6) is 5.75 Å². The topological polar surface area (TPSA) is 75.7 Å². The van der Waals surface area contributed by atoms with Gasteiger partial charge in [0.2, 0.25) is 5.91 Å². The van der Waals surface area contributed by atoms with Gasteiger partial charge in [-0.05, 0) is 55.8 Å². The molecule has 2 aromatic rings. The van der Waals surface area contributed by atoms with Crippen LogP contribution in [0.25, 0.3) is 0 Å². The van der Waals surface area contributed by atoms with Crippen molar-refractivity contribution in [2.24, 2.45) is 0 Å². The van der Waals surface area contributed by atoms with E-state index in [0.717, 1.165) is 24.2 Å². The molecule has 1 heterocycles. The van der Waals surface area contributed by atoms with E-state index in [2.05, 4.69) is 5.32 Å². The lowest BCUT2D eigenvalue weighted by Gasteiger charge is -2.16. The van der Waals surface area contributed by atoms with Gasteiger partial charge < -0.3 is 15.0 Å². The number of hydrogen-bond donors (Lipinski definition) is 1. The highest BCUT2D eigenvalue weighted by atomic mass is 19.1. The molecule has 140 valence electrons. The Labute approximate surface area is 155 Å². The highest BCUT2D eigenvalue weighted by Gasteiger charge is 2.21. The zero-order valence-corrected chi connectivity index (χ0v) is 14.8. The molecule has 1 aliphatic rings. The zero-order chi connectivity index (χ0) is 19.4. The second-order valence-corrected chi connectivity index (χ2v) is 6.23. The number of ether oxygens (including phenoxy) is 1. The molecule has 27 heavy (non-hydrogen) atoms. The molecule has 0 spiro atoms. The summed E-state index contributed by atoms with van der Waals surface area (Å²) in [6.07, 6.45) is 1.40. The minimum absolute atomic E-state index is 0.0856. The summed E-state index contributed by atoms with van der Waals surface area (Å²) in [5.74, 6) is -1.06. The fourth-order valence-electron chi connectivity index (χ4n) is 2.89. The Morgan fingerprint density at radius 3 is 2.56 bits per heavy atom. The molecule has 2 aromatic carbocycles. The first-order valence-electron chi connectivity index (χ1n) is 8.57. The molecule has 3 rings (SSSR count). The molecule has 0 aliphatic carbocycles. The van der Waals surface area contributed by atoms with E-state index in [1.807, 2.05) is 0 Å². The second kappa shape index (κ2) is 7.99. The summed E-state index contributed by atoms with van der Waals surface area (Å²) in [6, 6.07) is 10.5. The molecule has 0 atom stereocenters. The van der Waals surface area contributed by atoms with E-state index in [1.54, 1.807) is 29.2 Å². The van der Waals surface area contributed by atoms with Gasteiger partial charge in [0, 0.05) is 24.3 Å². The Bertz CT molecular complexity index is 880. The highest BCUT2D eigenvalue weighted by Crippen LogP contribution is 2.23. The number of anilines is 2. The lowest BCUT2D eigenvalue weighted by molar-refractivity contribution is -0.118. The lowest BCUT2D eigenvalue weighted by Crippen LogP contribution is -2.24. The molecule has 1 saturated heterocycles. The molecule has 0 unspecified atom stereocenters. The summed E-state index contributed by atoms with van der Waals surface area (Å²) < 4.78 is 18.6. The fraction of sp³-hybridized carbons (Fsp3) is 0.250. The summed E-state index contributed by atoms with van der Waals surface area (Å²) in [6.45, 7) is 1.68. The summed E-state index contributed by atoms with van der Waals surface area (Å²) in [7, 11) is 0. The van der Waals surface area contributed by atoms with Crippen LogP contribution in [-0.2, 0) is 9.59 Å². The Morgan fingerprint density at radius 2 is 1.93 bits per heavy atom. The number of hydrogen-bond acceptors (Lipinski definition) is 4. The van der Waals surface area contributed by atoms with E-state index < -0.39 is 11.7 Å². The highest BCUT2D eigenvalue weighted by molar-refractivity contribution is 5.98. The summed E-state index contributed by atoms with van der Waals surface area (Å²) in [4.78, 5) is 37.1. The Balaban J connectivity index is 1.58. The molecular formula is C20H19FN2O4. The van der Waals surface area contributed by atoms with Gasteiger partial charge in [0.05, 0.1) is 5.56 Å². The summed E-state index contributed by atoms with van der Waals surface area (Å²) in [5.41, 5.74) is 1.44. The largest absolute Gasteiger partial charge is 0.483 e. The number of amides is 2. The normalized spacial score (nSPS) is 13.6. The monoisotopic (exact) mass is 370 g/mol. The molecule has 0 radical (unpaired) electrons. The predicted octanol–water partition coefficient (Wildman–Crippen LogP) is 3.17. The number of carbonyl (C=O) groups is 3. The third-order valence-electron chi connectivity index (χ3n) is 4.22. The lowest BCUT2D eigenvalue weighted by atomic mass is 10.1. The van der Waals surface area contributed by atoms with Gasteiger partial charge in [-0.25, -0.2) is 4.39 Å². The smallest absolute Gasteiger partial charge is 0.262 e. The van der Waals surface area contributed by atoms with E-state index in [1.165, 1.54) is 13.0 Å². The number of ketones is 1. The molecule has 1 fully saturated rings. The minimum atomic E-state index is -0.548. The maximum absolute atomic E-state index is 13.3. The van der Waals surface area contributed by atoms with E-state index in [4.69, 9.17) is 4.74 Å². The molecule has 0 bridgehead atoms. The van der Waals surface area contributed by atoms with Gasteiger partial charge in [-0.1, -0.05) is 0 Å². The van der Waals surface area contributed by atoms with Crippen molar-refractivity contribution >= 4 is 29.0 Å². The van der Waals surface area contributed by atoms with Crippen LogP contribution < -0.4 is 15.0 Å². The molecule has 1 N–H and O–H groups in total. The van der Waals surface area contributed by atoms with Gasteiger partial charge in [0.1, 0.15) is 11.6 Å². The van der Waals surface area contributed by atoms with Gasteiger partial charge in [0.15, 0.2) is 12.4 Å². The molecule has 7 heteroatoms. The number of benzene rings is 2. The average Bonchev–Trinajstić information content (AvgIpc) is 3.07. The number of halogens is 1. The van der Waals surface area contributed by atoms with Gasteiger partial charge in [-0.3, -0.25) is 14.4 Å². The van der Waals surface area contributed by atoms with Gasteiger partial charge in [0.25, 0.3) is 5.91 Å². The van der Waals surface area contributed by atoms with Gasteiger partial charge in [-0.2, -0.15) is 0 Å². The third kappa shape index (κ3) is 4.49. The summed E-state index contributed by atoms with van der Waals surface area (Å²) in [5, 5.41) is 2.67. The maximum Gasteiger partial charge on any atom is 0.262 e. The molecule has 2 amide bonds. The van der Waals surface area contributed by atoms with Crippen molar-refractivity contribution in [1.29, 1.82) is 0 Å². The van der Waals surface area contributed by atoms with Crippen molar-refractivity contribution < 1.29 is 23.5 Å². The first kappa shape index (κ1) is 18.6. The number of carbonyl (C=O) groups excluding carboxylic acids is 3. The number of nitrogens with zero attached hydrogens (tertiary/aromatic N) is 1. The predicted molar refractivity (Wildman–Crippen MR) is 98.6 cm³/mol. The molecule has 0 aromatic heterocycles. The van der Waals surface area contributed by atoms with Crippen molar-refractivity contribution in [3.63, 3.8) is 0 Å². The van der Waals surface area contributed by atoms with Crippen LogP contribution in [-0.4, -0.2) is 30.7 Å². The van der Waals surface area contributed by atoms with Crippen molar-refractivity contribution in [3.05, 3.63) is 53.8 Å². The number of rotatable bonds is 6. The number of nitrogens with one attached hydrogen (secondary N) is 1. The van der Waals surface area contributed by atoms with Crippen LogP contribution in [0.2, 0.25) is 0 Å². The van der Waals surface area contributed by atoms with E-state index >= 15 is 0 Å². The second-order valence-electron chi connectivity index (χ2n) is 6.23. The van der Waals surface area contributed by atoms with Crippen LogP contribution in [0.3, 0.4) is 0 Å². The Kier molecular flexibility index (Phi) is 5.49. The zero-order valence-electron chi connectivity index (χ0n) is 14.8. The summed E-state index contributed by atoms with van der Waals surface area (Å²) >= 11 is 0. The standard InChI is InChI=1S/C20H19FN2O4/c1-13(24)17-11-14(21)4-9-18(17)27-12-19(25)22-15-5-7-16(8-6-15)23-10-2-3-20(23)26/h4-9,11H,2-3,10,12H2,1H3,(H,22,25). The minimum Gasteiger partial charge on any atom is -0.483 e. The fourth-order valence-corrected chi connectivity index (χ4v) is 2.89. The van der Waals surface area contributed by atoms with E-state index in [-0.39, 0.29) is 29.6 Å². The van der Waals surface area contributed by atoms with Crippen LogP contribution in [0.1, 0.15) is 30.1 Å². The maximum atomic E-state index is 13.3. The van der Waals surface area contributed by atoms with Crippen LogP contribution in [0, 0.1) is 5.82 Å². The van der Waals surface area contributed by atoms with Crippen LogP contribution >= 0.6 is 0 Å². The van der Waals surface area contributed by atoms with Crippen molar-refractivity contribution in [3.8, 4) is 5.75 Å². The molecular weight excluding hydrogens is 351 g/mol. The average molecular weight is 370 g/mol. The Morgan fingerprint density at radius 1 is 1.19 bits per heavy atom. The van der Waals surface area contributed by atoms with Crippen LogP contribution in [0.15, 0.2) is 42.5 Å². The first-order valence-corrected chi connectivity index (χ1v) is 8.57. The molecule has 0 saturated carbocycles. The first-order chi connectivity index (χ1) is 12.9. The molecule has 1 aliphatic heterocycles. The van der Waals surface area contributed by atoms with Crippen LogP contribution in [0.4, 0.5) is 15.8 Å². The van der Waals surface area contributed by atoms with Crippen molar-refractivity contribution in [1.82, 2.24) is 0 Å². The SMILES string of the molecule is CC(=O)c1cc(F)ccc1OCC(=O)Nc1ccc(N2CCCC2=O)cc1. The quantitative estimate of drug-likeness (QED) is 0.793. The van der Waals surface area contributed by atoms with Gasteiger partial charge >= 0.3 is 0 Å². The van der Waals surface area contributed by atoms with Gasteiger partial charge in [-0.15, -0.1) is 0 Å². The van der Waals surface area contributed by atoms with E-state index in [9.17, 15) is 18.8 Å². The van der Waals surface area contributed by atoms with E-state index in [0.29, 0.717) is 18.7 Å². The van der Waals surface area contributed by atoms with Crippen molar-refractivity contribution in [2.75, 3.05) is 23.4 Å². The third-order valence-corrected chi connectivity index (χ3v) is 4.22. The number of Topliss-reactive ketones (excluding diaryl/α,β-unsaturated/α-hetero) is 1. The Hall–Kier alpha value is -3.22.